The van der Waals surface area contributed by atoms with E-state index in [4.69, 9.17) is 4.74 Å². The molecule has 0 saturated carbocycles. The molecule has 1 aromatic carbocycles. The third kappa shape index (κ3) is 3.50. The number of carboxylic acids is 1. The second kappa shape index (κ2) is 6.55. The fraction of sp³-hybridized carbons (Fsp3) is 0.429. The Kier molecular flexibility index (Phi) is 4.77. The zero-order chi connectivity index (χ0) is 15.4. The number of nitrogens with one attached hydrogen (secondary N) is 1. The molecule has 2 rings (SSSR count). The van der Waals surface area contributed by atoms with E-state index in [1.54, 1.807) is 19.1 Å². The first-order chi connectivity index (χ1) is 10.0. The van der Waals surface area contributed by atoms with Gasteiger partial charge in [0.2, 0.25) is 0 Å². The van der Waals surface area contributed by atoms with Crippen molar-refractivity contribution in [3.63, 3.8) is 0 Å². The quantitative estimate of drug-likeness (QED) is 0.770. The van der Waals surface area contributed by atoms with Crippen molar-refractivity contribution >= 4 is 17.7 Å². The summed E-state index contributed by atoms with van der Waals surface area (Å²) in [6.45, 7) is 2.59. The van der Waals surface area contributed by atoms with E-state index >= 15 is 0 Å². The number of aliphatic hydroxyl groups is 1. The highest BCUT2D eigenvalue weighted by molar-refractivity contribution is 6.00. The van der Waals surface area contributed by atoms with Gasteiger partial charge in [-0.05, 0) is 19.1 Å². The van der Waals surface area contributed by atoms with Gasteiger partial charge in [-0.1, -0.05) is 11.6 Å². The largest absolute Gasteiger partial charge is 0.478 e. The normalized spacial score (nSPS) is 18.4. The molecule has 1 aromatic rings. The number of carbonyl (C=O) groups is 2. The Bertz CT molecular complexity index is 546. The Morgan fingerprint density at radius 3 is 2.90 bits per heavy atom. The second-order valence-electron chi connectivity index (χ2n) is 4.89. The van der Waals surface area contributed by atoms with Gasteiger partial charge in [0, 0.05) is 6.54 Å². The van der Waals surface area contributed by atoms with Crippen molar-refractivity contribution in [2.75, 3.05) is 31.7 Å². The average molecular weight is 294 g/mol. The maximum atomic E-state index is 12.3. The number of aromatic carboxylic acids is 1. The molecule has 21 heavy (non-hydrogen) atoms. The van der Waals surface area contributed by atoms with E-state index in [1.165, 1.54) is 11.0 Å². The fourth-order valence-electron chi connectivity index (χ4n) is 2.20. The maximum Gasteiger partial charge on any atom is 0.337 e. The maximum absolute atomic E-state index is 12.3. The van der Waals surface area contributed by atoms with Crippen LogP contribution >= 0.6 is 0 Å². The third-order valence-electron chi connectivity index (χ3n) is 3.35. The van der Waals surface area contributed by atoms with Crippen LogP contribution < -0.4 is 5.32 Å². The molecular formula is C14H18N2O5. The summed E-state index contributed by atoms with van der Waals surface area (Å²) in [5.41, 5.74) is 1.07. The average Bonchev–Trinajstić information content (AvgIpc) is 2.48. The molecule has 1 unspecified atom stereocenters. The van der Waals surface area contributed by atoms with Crippen molar-refractivity contribution in [1.82, 2.24) is 4.90 Å². The van der Waals surface area contributed by atoms with E-state index in [-0.39, 0.29) is 24.5 Å². The fourth-order valence-corrected chi connectivity index (χ4v) is 2.20. The van der Waals surface area contributed by atoms with Crippen LogP contribution in [0.3, 0.4) is 0 Å². The molecule has 2 amide bonds. The molecule has 0 spiro atoms. The molecule has 0 aromatic heterocycles. The summed E-state index contributed by atoms with van der Waals surface area (Å²) in [7, 11) is 0. The number of nitrogens with zero attached hydrogens (tertiary/aromatic N) is 1. The SMILES string of the molecule is Cc1ccc(NC(=O)N2CCOCC2CO)c(C(=O)O)c1. The Morgan fingerprint density at radius 2 is 2.24 bits per heavy atom. The molecule has 3 N–H and O–H groups in total. The number of carboxylic acid groups (broad SMARTS) is 1. The van der Waals surface area contributed by atoms with Crippen LogP contribution in [0.25, 0.3) is 0 Å². The number of amides is 2. The number of anilines is 1. The Balaban J connectivity index is 2.17. The highest BCUT2D eigenvalue weighted by Crippen LogP contribution is 2.19. The summed E-state index contributed by atoms with van der Waals surface area (Å²) in [6.07, 6.45) is 0. The Hall–Kier alpha value is -2.12. The number of hydrogen-bond donors (Lipinski definition) is 3. The van der Waals surface area contributed by atoms with Gasteiger partial charge in [0.25, 0.3) is 0 Å². The summed E-state index contributed by atoms with van der Waals surface area (Å²) < 4.78 is 5.21. The van der Waals surface area contributed by atoms with Gasteiger partial charge in [-0.25, -0.2) is 9.59 Å². The van der Waals surface area contributed by atoms with Gasteiger partial charge in [0.15, 0.2) is 0 Å². The molecule has 0 radical (unpaired) electrons. The van der Waals surface area contributed by atoms with E-state index in [9.17, 15) is 19.8 Å². The van der Waals surface area contributed by atoms with Gasteiger partial charge in [-0.3, -0.25) is 0 Å². The number of aliphatic hydroxyl groups excluding tert-OH is 1. The standard InChI is InChI=1S/C14H18N2O5/c1-9-2-3-12(11(6-9)13(18)19)15-14(20)16-4-5-21-8-10(16)7-17/h2-3,6,10,17H,4-5,7-8H2,1H3,(H,15,20)(H,18,19). The van der Waals surface area contributed by atoms with Crippen LogP contribution in [0, 0.1) is 6.92 Å². The first-order valence-electron chi connectivity index (χ1n) is 6.63. The highest BCUT2D eigenvalue weighted by atomic mass is 16.5. The smallest absolute Gasteiger partial charge is 0.337 e. The number of carbonyl (C=O) groups excluding carboxylic acids is 1. The molecule has 1 atom stereocenters. The monoisotopic (exact) mass is 294 g/mol. The van der Waals surface area contributed by atoms with Crippen LogP contribution in [0.1, 0.15) is 15.9 Å². The van der Waals surface area contributed by atoms with Crippen LogP contribution in [0.15, 0.2) is 18.2 Å². The van der Waals surface area contributed by atoms with E-state index in [0.29, 0.717) is 13.2 Å². The highest BCUT2D eigenvalue weighted by Gasteiger charge is 2.27. The van der Waals surface area contributed by atoms with Crippen LogP contribution in [0.5, 0.6) is 0 Å². The molecule has 7 nitrogen and oxygen atoms in total. The first kappa shape index (κ1) is 15.3. The Morgan fingerprint density at radius 1 is 1.48 bits per heavy atom. The molecule has 1 aliphatic heterocycles. The number of hydrogen-bond acceptors (Lipinski definition) is 4. The topological polar surface area (TPSA) is 99.1 Å². The van der Waals surface area contributed by atoms with Gasteiger partial charge in [0.1, 0.15) is 0 Å². The number of urea groups is 1. The summed E-state index contributed by atoms with van der Waals surface area (Å²) in [4.78, 5) is 24.9. The summed E-state index contributed by atoms with van der Waals surface area (Å²) in [5, 5.41) is 21.0. The summed E-state index contributed by atoms with van der Waals surface area (Å²) >= 11 is 0. The van der Waals surface area contributed by atoms with Gasteiger partial charge < -0.3 is 25.2 Å². The van der Waals surface area contributed by atoms with Crippen molar-refractivity contribution < 1.29 is 24.5 Å². The molecule has 1 heterocycles. The molecule has 1 fully saturated rings. The van der Waals surface area contributed by atoms with Crippen molar-refractivity contribution in [2.24, 2.45) is 0 Å². The van der Waals surface area contributed by atoms with Gasteiger partial charge in [0.05, 0.1) is 37.1 Å². The van der Waals surface area contributed by atoms with Crippen molar-refractivity contribution in [1.29, 1.82) is 0 Å². The molecule has 7 heteroatoms. The van der Waals surface area contributed by atoms with Crippen LogP contribution in [0.2, 0.25) is 0 Å². The number of rotatable bonds is 3. The van der Waals surface area contributed by atoms with E-state index in [2.05, 4.69) is 5.32 Å². The van der Waals surface area contributed by atoms with Crippen LogP contribution in [-0.4, -0.2) is 59.5 Å². The third-order valence-corrected chi connectivity index (χ3v) is 3.35. The van der Waals surface area contributed by atoms with E-state index < -0.39 is 18.0 Å². The zero-order valence-electron chi connectivity index (χ0n) is 11.7. The minimum Gasteiger partial charge on any atom is -0.478 e. The number of benzene rings is 1. The van der Waals surface area contributed by atoms with Gasteiger partial charge in [-0.15, -0.1) is 0 Å². The van der Waals surface area contributed by atoms with Crippen molar-refractivity contribution in [2.45, 2.75) is 13.0 Å². The number of morpholine rings is 1. The molecule has 0 bridgehead atoms. The van der Waals surface area contributed by atoms with Crippen LogP contribution in [-0.2, 0) is 4.74 Å². The molecule has 1 aliphatic rings. The zero-order valence-corrected chi connectivity index (χ0v) is 11.7. The molecule has 0 aliphatic carbocycles. The summed E-state index contributed by atoms with van der Waals surface area (Å²) in [6, 6.07) is 3.93. The molecule has 1 saturated heterocycles. The summed E-state index contributed by atoms with van der Waals surface area (Å²) in [5.74, 6) is -1.10. The van der Waals surface area contributed by atoms with Gasteiger partial charge >= 0.3 is 12.0 Å². The predicted molar refractivity (Wildman–Crippen MR) is 75.6 cm³/mol. The first-order valence-corrected chi connectivity index (χ1v) is 6.63. The Labute approximate surface area is 122 Å². The van der Waals surface area contributed by atoms with Crippen molar-refractivity contribution in [3.8, 4) is 0 Å². The second-order valence-corrected chi connectivity index (χ2v) is 4.89. The lowest BCUT2D eigenvalue weighted by atomic mass is 10.1. The van der Waals surface area contributed by atoms with Crippen LogP contribution in [0.4, 0.5) is 10.5 Å². The lowest BCUT2D eigenvalue weighted by Gasteiger charge is -2.34. The van der Waals surface area contributed by atoms with Gasteiger partial charge in [-0.2, -0.15) is 0 Å². The van der Waals surface area contributed by atoms with Crippen molar-refractivity contribution in [3.05, 3.63) is 29.3 Å². The number of aryl methyl sites for hydroxylation is 1. The minimum atomic E-state index is -1.10. The number of ether oxygens (including phenoxy) is 1. The molecule has 114 valence electrons. The molecular weight excluding hydrogens is 276 g/mol. The lowest BCUT2D eigenvalue weighted by Crippen LogP contribution is -2.52. The lowest BCUT2D eigenvalue weighted by molar-refractivity contribution is -0.00485. The van der Waals surface area contributed by atoms with E-state index in [1.807, 2.05) is 0 Å². The van der Waals surface area contributed by atoms with E-state index in [0.717, 1.165) is 5.56 Å². The predicted octanol–water partition coefficient (Wildman–Crippen LogP) is 0.918. The minimum absolute atomic E-state index is 0.0390.